The van der Waals surface area contributed by atoms with Crippen molar-refractivity contribution < 1.29 is 9.90 Å². The summed E-state index contributed by atoms with van der Waals surface area (Å²) >= 11 is 0. The molecule has 0 aliphatic rings. The summed E-state index contributed by atoms with van der Waals surface area (Å²) in [7, 11) is 1.66. The van der Waals surface area contributed by atoms with Gasteiger partial charge in [0.05, 0.1) is 6.10 Å². The van der Waals surface area contributed by atoms with Crippen LogP contribution in [-0.2, 0) is 0 Å². The van der Waals surface area contributed by atoms with Crippen LogP contribution in [0.1, 0.15) is 32.4 Å². The largest absolute Gasteiger partial charge is 0.392 e. The van der Waals surface area contributed by atoms with Crippen LogP contribution in [0.15, 0.2) is 24.3 Å². The number of rotatable bonds is 6. The molecule has 0 aliphatic heterocycles. The number of likely N-dealkylation sites (N-methyl/N-ethyl adjacent to an activating group) is 1. The number of carbonyl (C=O) groups is 1. The molecule has 0 heterocycles. The summed E-state index contributed by atoms with van der Waals surface area (Å²) in [6, 6.07) is 7.79. The normalized spacial score (nSPS) is 13.7. The first-order chi connectivity index (χ1) is 9.43. The van der Waals surface area contributed by atoms with E-state index in [9.17, 15) is 9.90 Å². The van der Waals surface area contributed by atoms with E-state index < -0.39 is 6.10 Å². The summed E-state index contributed by atoms with van der Waals surface area (Å²) < 4.78 is 0. The highest BCUT2D eigenvalue weighted by Crippen LogP contribution is 2.17. The summed E-state index contributed by atoms with van der Waals surface area (Å²) in [5.41, 5.74) is 1.89. The fourth-order valence-electron chi connectivity index (χ4n) is 2.01. The molecule has 0 radical (unpaired) electrons. The van der Waals surface area contributed by atoms with Crippen LogP contribution in [-0.4, -0.2) is 42.3 Å². The monoisotopic (exact) mass is 279 g/mol. The predicted octanol–water partition coefficient (Wildman–Crippen LogP) is 2.20. The van der Waals surface area contributed by atoms with E-state index in [0.29, 0.717) is 6.54 Å². The molecular formula is C15H25N3O2. The first-order valence-electron chi connectivity index (χ1n) is 6.97. The summed E-state index contributed by atoms with van der Waals surface area (Å²) in [4.78, 5) is 13.4. The van der Waals surface area contributed by atoms with Crippen LogP contribution in [0.3, 0.4) is 0 Å². The molecule has 0 saturated heterocycles. The molecule has 20 heavy (non-hydrogen) atoms. The van der Waals surface area contributed by atoms with Gasteiger partial charge in [-0.1, -0.05) is 19.1 Å². The fourth-order valence-corrected chi connectivity index (χ4v) is 2.01. The van der Waals surface area contributed by atoms with Crippen molar-refractivity contribution in [1.29, 1.82) is 0 Å². The summed E-state index contributed by atoms with van der Waals surface area (Å²) in [5, 5.41) is 15.5. The molecule has 5 nitrogen and oxygen atoms in total. The molecule has 3 N–H and O–H groups in total. The average Bonchev–Trinajstić information content (AvgIpc) is 2.38. The quantitative estimate of drug-likeness (QED) is 0.748. The standard InChI is InChI=1S/C15H25N3O2/c1-5-16-12(3)13-7-6-8-14(9-13)17-15(20)18(4)10-11(2)19/h6-9,11-12,16,19H,5,10H2,1-4H3,(H,17,20). The third-order valence-corrected chi connectivity index (χ3v) is 3.03. The summed E-state index contributed by atoms with van der Waals surface area (Å²) in [6.07, 6.45) is -0.536. The van der Waals surface area contributed by atoms with Gasteiger partial charge in [0, 0.05) is 25.3 Å². The lowest BCUT2D eigenvalue weighted by Crippen LogP contribution is -2.36. The van der Waals surface area contributed by atoms with Crippen molar-refractivity contribution in [1.82, 2.24) is 10.2 Å². The third-order valence-electron chi connectivity index (χ3n) is 3.03. The first kappa shape index (κ1) is 16.5. The molecule has 0 aliphatic carbocycles. The van der Waals surface area contributed by atoms with Crippen LogP contribution in [0, 0.1) is 0 Å². The van der Waals surface area contributed by atoms with Crippen LogP contribution in [0.25, 0.3) is 0 Å². The van der Waals surface area contributed by atoms with E-state index in [-0.39, 0.29) is 12.1 Å². The number of amides is 2. The molecule has 0 spiro atoms. The Morgan fingerprint density at radius 1 is 1.40 bits per heavy atom. The van der Waals surface area contributed by atoms with E-state index in [1.54, 1.807) is 14.0 Å². The Balaban J connectivity index is 2.68. The number of hydrogen-bond donors (Lipinski definition) is 3. The maximum absolute atomic E-state index is 11.9. The number of nitrogens with one attached hydrogen (secondary N) is 2. The molecular weight excluding hydrogens is 254 g/mol. The Morgan fingerprint density at radius 3 is 2.70 bits per heavy atom. The number of urea groups is 1. The van der Waals surface area contributed by atoms with Gasteiger partial charge in [-0.3, -0.25) is 0 Å². The van der Waals surface area contributed by atoms with Crippen LogP contribution >= 0.6 is 0 Å². The summed E-state index contributed by atoms with van der Waals surface area (Å²) in [5.74, 6) is 0. The zero-order chi connectivity index (χ0) is 15.1. The number of nitrogens with zero attached hydrogens (tertiary/aromatic N) is 1. The van der Waals surface area contributed by atoms with Crippen molar-refractivity contribution in [3.63, 3.8) is 0 Å². The summed E-state index contributed by atoms with van der Waals surface area (Å²) in [6.45, 7) is 7.01. The van der Waals surface area contributed by atoms with Crippen molar-refractivity contribution >= 4 is 11.7 Å². The molecule has 1 rings (SSSR count). The Labute approximate surface area is 121 Å². The lowest BCUT2D eigenvalue weighted by atomic mass is 10.1. The number of anilines is 1. The highest BCUT2D eigenvalue weighted by Gasteiger charge is 2.11. The third kappa shape index (κ3) is 5.19. The second-order valence-corrected chi connectivity index (χ2v) is 5.06. The van der Waals surface area contributed by atoms with Gasteiger partial charge in [0.2, 0.25) is 0 Å². The molecule has 1 aromatic rings. The van der Waals surface area contributed by atoms with Crippen molar-refractivity contribution in [2.45, 2.75) is 32.9 Å². The van der Waals surface area contributed by atoms with Crippen LogP contribution in [0.5, 0.6) is 0 Å². The van der Waals surface area contributed by atoms with Gasteiger partial charge in [-0.25, -0.2) is 4.79 Å². The minimum Gasteiger partial charge on any atom is -0.392 e. The second-order valence-electron chi connectivity index (χ2n) is 5.06. The number of aliphatic hydroxyl groups excluding tert-OH is 1. The van der Waals surface area contributed by atoms with Crippen LogP contribution < -0.4 is 10.6 Å². The predicted molar refractivity (Wildman–Crippen MR) is 81.9 cm³/mol. The van der Waals surface area contributed by atoms with Gasteiger partial charge in [-0.2, -0.15) is 0 Å². The fraction of sp³-hybridized carbons (Fsp3) is 0.533. The number of carbonyl (C=O) groups excluding carboxylic acids is 1. The Kier molecular flexibility index (Phi) is 6.48. The van der Waals surface area contributed by atoms with E-state index in [4.69, 9.17) is 0 Å². The van der Waals surface area contributed by atoms with Crippen molar-refractivity contribution in [3.8, 4) is 0 Å². The topological polar surface area (TPSA) is 64.6 Å². The van der Waals surface area contributed by atoms with Gasteiger partial charge in [0.25, 0.3) is 0 Å². The van der Waals surface area contributed by atoms with E-state index in [1.807, 2.05) is 24.3 Å². The van der Waals surface area contributed by atoms with Gasteiger partial charge >= 0.3 is 6.03 Å². The van der Waals surface area contributed by atoms with Crippen LogP contribution in [0.2, 0.25) is 0 Å². The van der Waals surface area contributed by atoms with E-state index >= 15 is 0 Å². The van der Waals surface area contributed by atoms with Crippen LogP contribution in [0.4, 0.5) is 10.5 Å². The molecule has 2 unspecified atom stereocenters. The Hall–Kier alpha value is -1.59. The van der Waals surface area contributed by atoms with Gasteiger partial charge in [0.15, 0.2) is 0 Å². The molecule has 0 aromatic heterocycles. The van der Waals surface area contributed by atoms with Gasteiger partial charge in [-0.05, 0) is 38.1 Å². The molecule has 2 atom stereocenters. The highest BCUT2D eigenvalue weighted by atomic mass is 16.3. The lowest BCUT2D eigenvalue weighted by Gasteiger charge is -2.20. The zero-order valence-electron chi connectivity index (χ0n) is 12.7. The molecule has 1 aromatic carbocycles. The number of hydrogen-bond acceptors (Lipinski definition) is 3. The van der Waals surface area contributed by atoms with Gasteiger partial charge < -0.3 is 20.6 Å². The van der Waals surface area contributed by atoms with E-state index in [1.165, 1.54) is 4.90 Å². The van der Waals surface area contributed by atoms with Gasteiger partial charge in [-0.15, -0.1) is 0 Å². The van der Waals surface area contributed by atoms with E-state index in [0.717, 1.165) is 17.8 Å². The Bertz CT molecular complexity index is 435. The first-order valence-corrected chi connectivity index (χ1v) is 6.97. The number of aliphatic hydroxyl groups is 1. The maximum Gasteiger partial charge on any atom is 0.321 e. The Morgan fingerprint density at radius 2 is 2.10 bits per heavy atom. The minimum atomic E-state index is -0.536. The highest BCUT2D eigenvalue weighted by molar-refractivity contribution is 5.89. The second kappa shape index (κ2) is 7.87. The van der Waals surface area contributed by atoms with Crippen molar-refractivity contribution in [2.75, 3.05) is 25.5 Å². The van der Waals surface area contributed by atoms with Gasteiger partial charge in [0.1, 0.15) is 0 Å². The van der Waals surface area contributed by atoms with Crippen molar-refractivity contribution in [2.24, 2.45) is 0 Å². The van der Waals surface area contributed by atoms with Crippen molar-refractivity contribution in [3.05, 3.63) is 29.8 Å². The maximum atomic E-state index is 11.9. The SMILES string of the molecule is CCNC(C)c1cccc(NC(=O)N(C)CC(C)O)c1. The average molecular weight is 279 g/mol. The lowest BCUT2D eigenvalue weighted by molar-refractivity contribution is 0.149. The molecule has 0 fully saturated rings. The van der Waals surface area contributed by atoms with E-state index in [2.05, 4.69) is 24.5 Å². The molecule has 112 valence electrons. The molecule has 5 heteroatoms. The molecule has 2 amide bonds. The smallest absolute Gasteiger partial charge is 0.321 e. The zero-order valence-corrected chi connectivity index (χ0v) is 12.7. The minimum absolute atomic E-state index is 0.223. The molecule has 0 saturated carbocycles. The number of benzene rings is 1. The molecule has 0 bridgehead atoms.